The second-order valence-corrected chi connectivity index (χ2v) is 5.82. The zero-order valence-electron chi connectivity index (χ0n) is 10.8. The van der Waals surface area contributed by atoms with Crippen molar-refractivity contribution in [1.82, 2.24) is 9.36 Å². The van der Waals surface area contributed by atoms with Crippen LogP contribution in [-0.4, -0.2) is 15.4 Å². The van der Waals surface area contributed by atoms with Crippen molar-refractivity contribution in [2.75, 3.05) is 5.32 Å². The summed E-state index contributed by atoms with van der Waals surface area (Å²) in [6.45, 7) is 2.18. The van der Waals surface area contributed by atoms with E-state index in [0.29, 0.717) is 0 Å². The third kappa shape index (κ3) is 4.06. The fourth-order valence-corrected chi connectivity index (χ4v) is 3.24. The Hall–Kier alpha value is -0.850. The topological polar surface area (TPSA) is 37.8 Å². The zero-order valence-corrected chi connectivity index (χ0v) is 11.7. The first-order valence-corrected chi connectivity index (χ1v) is 7.43. The molecule has 1 N–H and O–H groups in total. The van der Waals surface area contributed by atoms with Gasteiger partial charge in [-0.25, -0.2) is 0 Å². The van der Waals surface area contributed by atoms with Crippen LogP contribution in [0, 0.1) is 5.92 Å². The Balaban J connectivity index is 1.84. The van der Waals surface area contributed by atoms with Gasteiger partial charge in [-0.05, 0) is 31.6 Å². The molecule has 0 radical (unpaired) electrons. The van der Waals surface area contributed by atoms with E-state index in [1.807, 2.05) is 0 Å². The van der Waals surface area contributed by atoms with Crippen LogP contribution in [0.4, 0.5) is 18.3 Å². The maximum atomic E-state index is 12.4. The first kappa shape index (κ1) is 14.6. The molecule has 0 spiro atoms. The molecule has 1 aromatic heterocycles. The summed E-state index contributed by atoms with van der Waals surface area (Å²) >= 11 is 0.789. The third-order valence-corrected chi connectivity index (χ3v) is 4.20. The van der Waals surface area contributed by atoms with Gasteiger partial charge in [-0.2, -0.15) is 22.5 Å². The average molecular weight is 293 g/mol. The maximum absolute atomic E-state index is 12.4. The van der Waals surface area contributed by atoms with E-state index in [0.717, 1.165) is 43.1 Å². The quantitative estimate of drug-likeness (QED) is 0.898. The minimum atomic E-state index is -4.45. The van der Waals surface area contributed by atoms with E-state index in [9.17, 15) is 13.2 Å². The smallest absolute Gasteiger partial charge is 0.358 e. The van der Waals surface area contributed by atoms with Gasteiger partial charge in [0.05, 0.1) is 0 Å². The largest absolute Gasteiger partial charge is 0.452 e. The van der Waals surface area contributed by atoms with Crippen LogP contribution in [0.3, 0.4) is 0 Å². The van der Waals surface area contributed by atoms with Gasteiger partial charge < -0.3 is 5.32 Å². The lowest BCUT2D eigenvalue weighted by atomic mass is 9.83. The lowest BCUT2D eigenvalue weighted by molar-refractivity contribution is -0.144. The first-order valence-electron chi connectivity index (χ1n) is 6.66. The normalized spacial score (nSPS) is 24.4. The SMILES string of the molecule is CCCC1CCC(Nc2nc(C(F)(F)F)ns2)CC1. The van der Waals surface area contributed by atoms with E-state index in [2.05, 4.69) is 21.6 Å². The number of hydrogen-bond acceptors (Lipinski definition) is 4. The number of halogens is 3. The molecule has 0 bridgehead atoms. The van der Waals surface area contributed by atoms with Gasteiger partial charge in [-0.15, -0.1) is 0 Å². The van der Waals surface area contributed by atoms with Crippen LogP contribution >= 0.6 is 11.5 Å². The molecule has 7 heteroatoms. The van der Waals surface area contributed by atoms with E-state index >= 15 is 0 Å². The number of aromatic nitrogens is 2. The van der Waals surface area contributed by atoms with E-state index < -0.39 is 12.0 Å². The minimum absolute atomic E-state index is 0.238. The van der Waals surface area contributed by atoms with Gasteiger partial charge in [0, 0.05) is 17.6 Å². The molecule has 0 amide bonds. The summed E-state index contributed by atoms with van der Waals surface area (Å²) in [5.74, 6) is -0.261. The highest BCUT2D eigenvalue weighted by Crippen LogP contribution is 2.32. The van der Waals surface area contributed by atoms with Crippen molar-refractivity contribution in [3.63, 3.8) is 0 Å². The van der Waals surface area contributed by atoms with Crippen LogP contribution in [0.15, 0.2) is 0 Å². The standard InChI is InChI=1S/C12H18F3N3S/c1-2-3-8-4-6-9(7-5-8)16-11-17-10(18-19-11)12(13,14)15/h8-9H,2-7H2,1H3,(H,16,17,18). The van der Waals surface area contributed by atoms with Gasteiger partial charge in [-0.3, -0.25) is 0 Å². The molecule has 2 rings (SSSR count). The van der Waals surface area contributed by atoms with Crippen molar-refractivity contribution in [3.05, 3.63) is 5.82 Å². The molecule has 1 aromatic rings. The predicted octanol–water partition coefficient (Wildman–Crippen LogP) is 4.33. The van der Waals surface area contributed by atoms with E-state index in [4.69, 9.17) is 0 Å². The lowest BCUT2D eigenvalue weighted by Crippen LogP contribution is -2.26. The molecule has 1 aliphatic rings. The van der Waals surface area contributed by atoms with Crippen LogP contribution < -0.4 is 5.32 Å². The van der Waals surface area contributed by atoms with Crippen LogP contribution in [0.5, 0.6) is 0 Å². The molecule has 19 heavy (non-hydrogen) atoms. The highest BCUT2D eigenvalue weighted by Gasteiger charge is 2.36. The fourth-order valence-electron chi connectivity index (χ4n) is 2.58. The Morgan fingerprint density at radius 3 is 2.47 bits per heavy atom. The number of hydrogen-bond donors (Lipinski definition) is 1. The molecule has 1 fully saturated rings. The van der Waals surface area contributed by atoms with Crippen molar-refractivity contribution in [3.8, 4) is 0 Å². The Labute approximate surface area is 114 Å². The Morgan fingerprint density at radius 1 is 1.26 bits per heavy atom. The van der Waals surface area contributed by atoms with Gasteiger partial charge in [0.25, 0.3) is 0 Å². The molecule has 108 valence electrons. The minimum Gasteiger partial charge on any atom is -0.358 e. The predicted molar refractivity (Wildman–Crippen MR) is 69.2 cm³/mol. The molecule has 0 unspecified atom stereocenters. The second kappa shape index (κ2) is 6.07. The Kier molecular flexibility index (Phi) is 4.65. The molecule has 1 heterocycles. The van der Waals surface area contributed by atoms with Gasteiger partial charge in [-0.1, -0.05) is 19.8 Å². The number of nitrogens with one attached hydrogen (secondary N) is 1. The Bertz CT molecular complexity index is 397. The second-order valence-electron chi connectivity index (χ2n) is 5.07. The highest BCUT2D eigenvalue weighted by molar-refractivity contribution is 7.09. The molecule has 3 nitrogen and oxygen atoms in total. The molecular formula is C12H18F3N3S. The summed E-state index contributed by atoms with van der Waals surface area (Å²) in [7, 11) is 0. The van der Waals surface area contributed by atoms with Crippen molar-refractivity contribution in [1.29, 1.82) is 0 Å². The molecule has 0 aromatic carbocycles. The molecule has 0 atom stereocenters. The van der Waals surface area contributed by atoms with E-state index in [1.54, 1.807) is 0 Å². The Morgan fingerprint density at radius 2 is 1.95 bits per heavy atom. The van der Waals surface area contributed by atoms with Gasteiger partial charge in [0.2, 0.25) is 11.0 Å². The molecular weight excluding hydrogens is 275 g/mol. The van der Waals surface area contributed by atoms with Gasteiger partial charge in [0.1, 0.15) is 0 Å². The molecule has 0 aliphatic heterocycles. The summed E-state index contributed by atoms with van der Waals surface area (Å²) in [5, 5.41) is 3.36. The summed E-state index contributed by atoms with van der Waals surface area (Å²) in [6, 6.07) is 0.238. The highest BCUT2D eigenvalue weighted by atomic mass is 32.1. The van der Waals surface area contributed by atoms with Crippen molar-refractivity contribution >= 4 is 16.7 Å². The van der Waals surface area contributed by atoms with Crippen LogP contribution in [0.1, 0.15) is 51.3 Å². The van der Waals surface area contributed by atoms with Crippen LogP contribution in [0.2, 0.25) is 0 Å². The maximum Gasteiger partial charge on any atom is 0.452 e. The molecule has 1 saturated carbocycles. The van der Waals surface area contributed by atoms with Crippen LogP contribution in [0.25, 0.3) is 0 Å². The lowest BCUT2D eigenvalue weighted by Gasteiger charge is -2.28. The zero-order chi connectivity index (χ0) is 13.9. The van der Waals surface area contributed by atoms with Gasteiger partial charge in [0.15, 0.2) is 0 Å². The first-order chi connectivity index (χ1) is 8.99. The van der Waals surface area contributed by atoms with Crippen molar-refractivity contribution < 1.29 is 13.2 Å². The summed E-state index contributed by atoms with van der Waals surface area (Å²) < 4.78 is 40.4. The van der Waals surface area contributed by atoms with Gasteiger partial charge >= 0.3 is 6.18 Å². The van der Waals surface area contributed by atoms with Crippen LogP contribution in [-0.2, 0) is 6.18 Å². The number of nitrogens with zero attached hydrogens (tertiary/aromatic N) is 2. The fraction of sp³-hybridized carbons (Fsp3) is 0.833. The third-order valence-electron chi connectivity index (χ3n) is 3.55. The molecule has 1 aliphatic carbocycles. The van der Waals surface area contributed by atoms with Crippen molar-refractivity contribution in [2.24, 2.45) is 5.92 Å². The number of rotatable bonds is 4. The van der Waals surface area contributed by atoms with E-state index in [-0.39, 0.29) is 11.2 Å². The molecule has 0 saturated heterocycles. The van der Waals surface area contributed by atoms with Crippen molar-refractivity contribution in [2.45, 2.75) is 57.7 Å². The number of alkyl halides is 3. The summed E-state index contributed by atoms with van der Waals surface area (Å²) in [6.07, 6.45) is 2.32. The average Bonchev–Trinajstić information content (AvgIpc) is 2.80. The monoisotopic (exact) mass is 293 g/mol. The summed E-state index contributed by atoms with van der Waals surface area (Å²) in [5.41, 5.74) is 0. The van der Waals surface area contributed by atoms with E-state index in [1.165, 1.54) is 12.8 Å². The number of anilines is 1. The summed E-state index contributed by atoms with van der Waals surface area (Å²) in [4.78, 5) is 3.50.